The average Bonchev–Trinajstić information content (AvgIpc) is 2.46. The topological polar surface area (TPSA) is 35.5 Å². The second-order valence-electron chi connectivity index (χ2n) is 3.60. The molecule has 1 aliphatic heterocycles. The lowest BCUT2D eigenvalue weighted by molar-refractivity contribution is -0.151. The molecule has 0 amide bonds. The normalized spacial score (nSPS) is 31.8. The molecule has 82 valence electrons. The van der Waals surface area contributed by atoms with Crippen molar-refractivity contribution in [1.29, 1.82) is 0 Å². The maximum atomic E-state index is 11.3. The second kappa shape index (κ2) is 5.71. The Morgan fingerprint density at radius 3 is 2.93 bits per heavy atom. The Labute approximate surface area is 93.3 Å². The van der Waals surface area contributed by atoms with Crippen molar-refractivity contribution in [2.75, 3.05) is 5.33 Å². The quantitative estimate of drug-likeness (QED) is 0.577. The average molecular weight is 265 g/mol. The molecule has 1 saturated heterocycles. The molecule has 0 aliphatic carbocycles. The van der Waals surface area contributed by atoms with Gasteiger partial charge in [0.05, 0.1) is 18.6 Å². The summed E-state index contributed by atoms with van der Waals surface area (Å²) in [5.74, 6) is -0.136. The molecule has 1 aliphatic rings. The molecule has 1 fully saturated rings. The van der Waals surface area contributed by atoms with E-state index < -0.39 is 0 Å². The fraction of sp³-hybridized carbons (Fsp3) is 0.900. The zero-order chi connectivity index (χ0) is 10.6. The Kier molecular flexibility index (Phi) is 4.89. The van der Waals surface area contributed by atoms with Crippen molar-refractivity contribution < 1.29 is 14.3 Å². The molecular weight excluding hydrogens is 248 g/mol. The molecular formula is C10H17BrO3. The van der Waals surface area contributed by atoms with Crippen molar-refractivity contribution >= 4 is 21.9 Å². The summed E-state index contributed by atoms with van der Waals surface area (Å²) >= 11 is 3.21. The molecule has 0 bridgehead atoms. The Bertz CT molecular complexity index is 196. The van der Waals surface area contributed by atoms with Crippen molar-refractivity contribution in [3.8, 4) is 0 Å². The molecule has 0 saturated carbocycles. The first-order valence-electron chi connectivity index (χ1n) is 5.08. The van der Waals surface area contributed by atoms with Crippen molar-refractivity contribution in [2.24, 2.45) is 0 Å². The summed E-state index contributed by atoms with van der Waals surface area (Å²) in [6, 6.07) is 0. The second-order valence-corrected chi connectivity index (χ2v) is 4.39. The van der Waals surface area contributed by atoms with Gasteiger partial charge in [-0.1, -0.05) is 22.9 Å². The first-order valence-corrected chi connectivity index (χ1v) is 6.20. The number of rotatable bonds is 4. The van der Waals surface area contributed by atoms with E-state index in [0.717, 1.165) is 12.8 Å². The molecule has 3 nitrogen and oxygen atoms in total. The van der Waals surface area contributed by atoms with Gasteiger partial charge in [0, 0.05) is 11.8 Å². The Morgan fingerprint density at radius 2 is 2.36 bits per heavy atom. The van der Waals surface area contributed by atoms with Crippen LogP contribution in [0.4, 0.5) is 0 Å². The SMILES string of the molecule is CC[C@H]1O[C@@H](C)C[C@H]1OC(=O)CCBr. The largest absolute Gasteiger partial charge is 0.459 e. The first kappa shape index (κ1) is 12.0. The van der Waals surface area contributed by atoms with Crippen LogP contribution in [0.1, 0.15) is 33.1 Å². The minimum absolute atomic E-state index is 0.0402. The summed E-state index contributed by atoms with van der Waals surface area (Å²) in [4.78, 5) is 11.3. The zero-order valence-electron chi connectivity index (χ0n) is 8.66. The van der Waals surface area contributed by atoms with E-state index in [1.54, 1.807) is 0 Å². The number of carbonyl (C=O) groups is 1. The highest BCUT2D eigenvalue weighted by molar-refractivity contribution is 9.09. The maximum Gasteiger partial charge on any atom is 0.307 e. The van der Waals surface area contributed by atoms with E-state index in [4.69, 9.17) is 9.47 Å². The van der Waals surface area contributed by atoms with Gasteiger partial charge in [-0.25, -0.2) is 0 Å². The highest BCUT2D eigenvalue weighted by Crippen LogP contribution is 2.25. The number of esters is 1. The van der Waals surface area contributed by atoms with Gasteiger partial charge in [0.15, 0.2) is 0 Å². The molecule has 0 spiro atoms. The molecule has 14 heavy (non-hydrogen) atoms. The van der Waals surface area contributed by atoms with Gasteiger partial charge < -0.3 is 9.47 Å². The summed E-state index contributed by atoms with van der Waals surface area (Å²) in [7, 11) is 0. The standard InChI is InChI=1S/C10H17BrO3/c1-3-8-9(6-7(2)13-8)14-10(12)4-5-11/h7-9H,3-6H2,1-2H3/t7-,8+,9+/m0/s1. The van der Waals surface area contributed by atoms with E-state index in [9.17, 15) is 4.79 Å². The van der Waals surface area contributed by atoms with Gasteiger partial charge in [-0.05, 0) is 13.3 Å². The minimum Gasteiger partial charge on any atom is -0.459 e. The number of hydrogen-bond donors (Lipinski definition) is 0. The van der Waals surface area contributed by atoms with Gasteiger partial charge >= 0.3 is 5.97 Å². The van der Waals surface area contributed by atoms with Crippen molar-refractivity contribution in [3.63, 3.8) is 0 Å². The van der Waals surface area contributed by atoms with E-state index in [-0.39, 0.29) is 24.3 Å². The van der Waals surface area contributed by atoms with Crippen LogP contribution >= 0.6 is 15.9 Å². The molecule has 4 heteroatoms. The third kappa shape index (κ3) is 3.24. The predicted molar refractivity (Wildman–Crippen MR) is 57.5 cm³/mol. The number of halogens is 1. The van der Waals surface area contributed by atoms with Crippen molar-refractivity contribution in [2.45, 2.75) is 51.4 Å². The molecule has 0 N–H and O–H groups in total. The highest BCUT2D eigenvalue weighted by Gasteiger charge is 2.34. The number of carbonyl (C=O) groups excluding carboxylic acids is 1. The predicted octanol–water partition coefficient (Wildman–Crippen LogP) is 2.27. The monoisotopic (exact) mass is 264 g/mol. The van der Waals surface area contributed by atoms with Gasteiger partial charge in [0.25, 0.3) is 0 Å². The van der Waals surface area contributed by atoms with Crippen molar-refractivity contribution in [1.82, 2.24) is 0 Å². The van der Waals surface area contributed by atoms with Crippen molar-refractivity contribution in [3.05, 3.63) is 0 Å². The van der Waals surface area contributed by atoms with Crippen LogP contribution in [0.15, 0.2) is 0 Å². The molecule has 0 radical (unpaired) electrons. The molecule has 1 rings (SSSR count). The molecule has 3 atom stereocenters. The van der Waals surface area contributed by atoms with Gasteiger partial charge in [0.2, 0.25) is 0 Å². The Balaban J connectivity index is 2.39. The van der Waals surface area contributed by atoms with E-state index in [0.29, 0.717) is 11.8 Å². The molecule has 0 aromatic heterocycles. The van der Waals surface area contributed by atoms with Gasteiger partial charge in [-0.2, -0.15) is 0 Å². The lowest BCUT2D eigenvalue weighted by Crippen LogP contribution is -2.26. The van der Waals surface area contributed by atoms with Crippen LogP contribution in [0.3, 0.4) is 0 Å². The summed E-state index contributed by atoms with van der Waals surface area (Å²) in [5.41, 5.74) is 0. The van der Waals surface area contributed by atoms with Crippen LogP contribution < -0.4 is 0 Å². The summed E-state index contributed by atoms with van der Waals surface area (Å²) in [6.45, 7) is 4.06. The first-order chi connectivity index (χ1) is 6.67. The van der Waals surface area contributed by atoms with Crippen LogP contribution in [-0.4, -0.2) is 29.6 Å². The molecule has 0 aromatic rings. The molecule has 1 heterocycles. The van der Waals surface area contributed by atoms with E-state index in [1.807, 2.05) is 13.8 Å². The van der Waals surface area contributed by atoms with Crippen LogP contribution in [0.2, 0.25) is 0 Å². The van der Waals surface area contributed by atoms with Crippen LogP contribution in [-0.2, 0) is 14.3 Å². The van der Waals surface area contributed by atoms with E-state index in [1.165, 1.54) is 0 Å². The number of alkyl halides is 1. The third-order valence-corrected chi connectivity index (χ3v) is 2.77. The van der Waals surface area contributed by atoms with Gasteiger partial charge in [-0.15, -0.1) is 0 Å². The van der Waals surface area contributed by atoms with Crippen LogP contribution in [0.25, 0.3) is 0 Å². The van der Waals surface area contributed by atoms with Gasteiger partial charge in [0.1, 0.15) is 6.10 Å². The smallest absolute Gasteiger partial charge is 0.307 e. The number of hydrogen-bond acceptors (Lipinski definition) is 3. The van der Waals surface area contributed by atoms with E-state index >= 15 is 0 Å². The lowest BCUT2D eigenvalue weighted by atomic mass is 10.1. The highest BCUT2D eigenvalue weighted by atomic mass is 79.9. The number of ether oxygens (including phenoxy) is 2. The third-order valence-electron chi connectivity index (χ3n) is 2.37. The Hall–Kier alpha value is -0.0900. The summed E-state index contributed by atoms with van der Waals surface area (Å²) in [6.07, 6.45) is 2.41. The zero-order valence-corrected chi connectivity index (χ0v) is 10.2. The van der Waals surface area contributed by atoms with Gasteiger partial charge in [-0.3, -0.25) is 4.79 Å². The summed E-state index contributed by atoms with van der Waals surface area (Å²) in [5, 5.41) is 0.658. The lowest BCUT2D eigenvalue weighted by Gasteiger charge is -2.16. The fourth-order valence-electron chi connectivity index (χ4n) is 1.71. The summed E-state index contributed by atoms with van der Waals surface area (Å²) < 4.78 is 10.9. The fourth-order valence-corrected chi connectivity index (χ4v) is 2.03. The molecule has 0 unspecified atom stereocenters. The van der Waals surface area contributed by atoms with E-state index in [2.05, 4.69) is 15.9 Å². The Morgan fingerprint density at radius 1 is 1.64 bits per heavy atom. The van der Waals surface area contributed by atoms with Crippen LogP contribution in [0, 0.1) is 0 Å². The minimum atomic E-state index is -0.136. The maximum absolute atomic E-state index is 11.3. The molecule has 0 aromatic carbocycles. The van der Waals surface area contributed by atoms with Crippen LogP contribution in [0.5, 0.6) is 0 Å².